The molecular formula is C16H18ClFN2O. The molecule has 0 aliphatic rings. The highest BCUT2D eigenvalue weighted by atomic mass is 35.5. The highest BCUT2D eigenvalue weighted by Crippen LogP contribution is 2.27. The van der Waals surface area contributed by atoms with E-state index in [9.17, 15) is 4.39 Å². The Kier molecular flexibility index (Phi) is 5.04. The minimum atomic E-state index is -0.354. The van der Waals surface area contributed by atoms with Crippen LogP contribution < -0.4 is 15.8 Å². The van der Waals surface area contributed by atoms with Crippen LogP contribution in [0.25, 0.3) is 0 Å². The van der Waals surface area contributed by atoms with E-state index < -0.39 is 0 Å². The van der Waals surface area contributed by atoms with Gasteiger partial charge in [-0.2, -0.15) is 0 Å². The van der Waals surface area contributed by atoms with Crippen LogP contribution in [0.3, 0.4) is 0 Å². The fourth-order valence-electron chi connectivity index (χ4n) is 2.03. The SMILES string of the molecule is COc1ccc(F)c(NC(CN)c2ccc(C)c(Cl)c2)c1. The molecule has 0 aromatic heterocycles. The number of anilines is 1. The second-order valence-corrected chi connectivity index (χ2v) is 5.19. The van der Waals surface area contributed by atoms with Crippen molar-refractivity contribution in [3.05, 3.63) is 58.4 Å². The molecule has 112 valence electrons. The molecule has 0 heterocycles. The zero-order valence-corrected chi connectivity index (χ0v) is 12.7. The molecule has 0 amide bonds. The molecule has 0 saturated carbocycles. The molecular weight excluding hydrogens is 291 g/mol. The number of hydrogen-bond donors (Lipinski definition) is 2. The lowest BCUT2D eigenvalue weighted by molar-refractivity contribution is 0.414. The summed E-state index contributed by atoms with van der Waals surface area (Å²) in [5.74, 6) is 0.226. The molecule has 0 spiro atoms. The van der Waals surface area contributed by atoms with Crippen molar-refractivity contribution in [3.63, 3.8) is 0 Å². The highest BCUT2D eigenvalue weighted by Gasteiger charge is 2.13. The van der Waals surface area contributed by atoms with E-state index in [-0.39, 0.29) is 11.9 Å². The Morgan fingerprint density at radius 2 is 2.05 bits per heavy atom. The smallest absolute Gasteiger partial charge is 0.146 e. The molecule has 0 fully saturated rings. The maximum Gasteiger partial charge on any atom is 0.146 e. The number of halogens is 2. The lowest BCUT2D eigenvalue weighted by Gasteiger charge is -2.20. The van der Waals surface area contributed by atoms with E-state index in [2.05, 4.69) is 5.32 Å². The summed E-state index contributed by atoms with van der Waals surface area (Å²) >= 11 is 6.13. The first-order chi connectivity index (χ1) is 10.0. The van der Waals surface area contributed by atoms with E-state index in [0.717, 1.165) is 11.1 Å². The summed E-state index contributed by atoms with van der Waals surface area (Å²) in [5, 5.41) is 3.76. The van der Waals surface area contributed by atoms with Gasteiger partial charge < -0.3 is 15.8 Å². The largest absolute Gasteiger partial charge is 0.497 e. The molecule has 21 heavy (non-hydrogen) atoms. The predicted octanol–water partition coefficient (Wildman–Crippen LogP) is 3.91. The van der Waals surface area contributed by atoms with Crippen LogP contribution in [0.15, 0.2) is 36.4 Å². The average molecular weight is 309 g/mol. The Hall–Kier alpha value is -1.78. The Balaban J connectivity index is 2.28. The molecule has 0 bridgehead atoms. The fourth-order valence-corrected chi connectivity index (χ4v) is 2.22. The first kappa shape index (κ1) is 15.6. The second kappa shape index (κ2) is 6.78. The maximum atomic E-state index is 13.9. The van der Waals surface area contributed by atoms with Crippen LogP contribution in [-0.2, 0) is 0 Å². The summed E-state index contributed by atoms with van der Waals surface area (Å²) in [6, 6.07) is 10.0. The topological polar surface area (TPSA) is 47.3 Å². The van der Waals surface area contributed by atoms with E-state index in [0.29, 0.717) is 23.0 Å². The molecule has 5 heteroatoms. The van der Waals surface area contributed by atoms with E-state index in [1.165, 1.54) is 13.2 Å². The van der Waals surface area contributed by atoms with E-state index in [1.54, 1.807) is 12.1 Å². The van der Waals surface area contributed by atoms with Crippen molar-refractivity contribution < 1.29 is 9.13 Å². The van der Waals surface area contributed by atoms with E-state index >= 15 is 0 Å². The first-order valence-electron chi connectivity index (χ1n) is 6.61. The molecule has 2 rings (SSSR count). The number of ether oxygens (including phenoxy) is 1. The molecule has 1 unspecified atom stereocenters. The molecule has 2 aromatic carbocycles. The monoisotopic (exact) mass is 308 g/mol. The molecule has 0 aliphatic heterocycles. The van der Waals surface area contributed by atoms with Gasteiger partial charge in [-0.1, -0.05) is 23.7 Å². The Bertz CT molecular complexity index is 634. The summed E-state index contributed by atoms with van der Waals surface area (Å²) in [5.41, 5.74) is 8.05. The van der Waals surface area contributed by atoms with Gasteiger partial charge in [0.25, 0.3) is 0 Å². The van der Waals surface area contributed by atoms with Crippen LogP contribution in [0.4, 0.5) is 10.1 Å². The van der Waals surface area contributed by atoms with Gasteiger partial charge in [0, 0.05) is 17.6 Å². The summed E-state index contributed by atoms with van der Waals surface area (Å²) in [4.78, 5) is 0. The van der Waals surface area contributed by atoms with Crippen LogP contribution >= 0.6 is 11.6 Å². The average Bonchev–Trinajstić information content (AvgIpc) is 2.49. The molecule has 0 saturated heterocycles. The predicted molar refractivity (Wildman–Crippen MR) is 84.6 cm³/mol. The van der Waals surface area contributed by atoms with Crippen LogP contribution in [0.5, 0.6) is 5.75 Å². The van der Waals surface area contributed by atoms with Crippen molar-refractivity contribution in [1.82, 2.24) is 0 Å². The van der Waals surface area contributed by atoms with Gasteiger partial charge in [0.1, 0.15) is 11.6 Å². The van der Waals surface area contributed by atoms with E-state index in [1.807, 2.05) is 25.1 Å². The number of hydrogen-bond acceptors (Lipinski definition) is 3. The third-order valence-electron chi connectivity index (χ3n) is 3.34. The van der Waals surface area contributed by atoms with Crippen molar-refractivity contribution in [2.75, 3.05) is 19.0 Å². The Morgan fingerprint density at radius 3 is 2.67 bits per heavy atom. The maximum absolute atomic E-state index is 13.9. The third-order valence-corrected chi connectivity index (χ3v) is 3.74. The zero-order valence-electron chi connectivity index (χ0n) is 12.0. The van der Waals surface area contributed by atoms with Crippen molar-refractivity contribution >= 4 is 17.3 Å². The molecule has 3 nitrogen and oxygen atoms in total. The van der Waals surface area contributed by atoms with Gasteiger partial charge in [0.15, 0.2) is 0 Å². The molecule has 3 N–H and O–H groups in total. The van der Waals surface area contributed by atoms with Gasteiger partial charge in [0.05, 0.1) is 18.8 Å². The molecule has 0 aliphatic carbocycles. The molecule has 2 aromatic rings. The van der Waals surface area contributed by atoms with Crippen molar-refractivity contribution in [2.45, 2.75) is 13.0 Å². The van der Waals surface area contributed by atoms with Crippen molar-refractivity contribution in [2.24, 2.45) is 5.73 Å². The van der Waals surface area contributed by atoms with Crippen LogP contribution in [-0.4, -0.2) is 13.7 Å². The summed E-state index contributed by atoms with van der Waals surface area (Å²) in [7, 11) is 1.54. The first-order valence-corrected chi connectivity index (χ1v) is 6.99. The molecule has 0 radical (unpaired) electrons. The minimum absolute atomic E-state index is 0.232. The molecule has 1 atom stereocenters. The van der Waals surface area contributed by atoms with Crippen LogP contribution in [0.2, 0.25) is 5.02 Å². The summed E-state index contributed by atoms with van der Waals surface area (Å²) in [6.45, 7) is 2.24. The summed E-state index contributed by atoms with van der Waals surface area (Å²) < 4.78 is 19.0. The van der Waals surface area contributed by atoms with Gasteiger partial charge in [-0.25, -0.2) is 4.39 Å². The summed E-state index contributed by atoms with van der Waals surface area (Å²) in [6.07, 6.45) is 0. The normalized spacial score (nSPS) is 12.0. The number of nitrogens with two attached hydrogens (primary N) is 1. The standard InChI is InChI=1S/C16H18ClFN2O/c1-10-3-4-11(7-13(10)17)16(9-19)20-15-8-12(21-2)5-6-14(15)18/h3-8,16,20H,9,19H2,1-2H3. The van der Waals surface area contributed by atoms with Gasteiger partial charge in [-0.15, -0.1) is 0 Å². The van der Waals surface area contributed by atoms with Gasteiger partial charge in [-0.05, 0) is 36.2 Å². The number of benzene rings is 2. The zero-order chi connectivity index (χ0) is 15.4. The third kappa shape index (κ3) is 3.65. The number of rotatable bonds is 5. The Morgan fingerprint density at radius 1 is 1.29 bits per heavy atom. The van der Waals surface area contributed by atoms with Gasteiger partial charge in [-0.3, -0.25) is 0 Å². The van der Waals surface area contributed by atoms with Crippen molar-refractivity contribution in [3.8, 4) is 5.75 Å². The van der Waals surface area contributed by atoms with Crippen LogP contribution in [0.1, 0.15) is 17.2 Å². The lowest BCUT2D eigenvalue weighted by atomic mass is 10.0. The fraction of sp³-hybridized carbons (Fsp3) is 0.250. The minimum Gasteiger partial charge on any atom is -0.497 e. The lowest BCUT2D eigenvalue weighted by Crippen LogP contribution is -2.21. The number of aryl methyl sites for hydroxylation is 1. The quantitative estimate of drug-likeness (QED) is 0.880. The number of nitrogens with one attached hydrogen (secondary N) is 1. The second-order valence-electron chi connectivity index (χ2n) is 4.79. The van der Waals surface area contributed by atoms with Gasteiger partial charge in [0.2, 0.25) is 0 Å². The van der Waals surface area contributed by atoms with Gasteiger partial charge >= 0.3 is 0 Å². The highest BCUT2D eigenvalue weighted by molar-refractivity contribution is 6.31. The Labute approximate surface area is 128 Å². The van der Waals surface area contributed by atoms with E-state index in [4.69, 9.17) is 22.1 Å². The van der Waals surface area contributed by atoms with Crippen molar-refractivity contribution in [1.29, 1.82) is 0 Å². The van der Waals surface area contributed by atoms with Crippen LogP contribution in [0, 0.1) is 12.7 Å². The number of methoxy groups -OCH3 is 1.